The second kappa shape index (κ2) is 12.7. The van der Waals surface area contributed by atoms with Crippen LogP contribution >= 0.6 is 11.3 Å². The van der Waals surface area contributed by atoms with E-state index < -0.39 is 22.7 Å². The van der Waals surface area contributed by atoms with E-state index in [9.17, 15) is 24.5 Å². The van der Waals surface area contributed by atoms with E-state index in [1.54, 1.807) is 54.6 Å². The molecule has 0 spiro atoms. The molecule has 0 fully saturated rings. The van der Waals surface area contributed by atoms with Gasteiger partial charge in [-0.15, -0.1) is 11.3 Å². The van der Waals surface area contributed by atoms with E-state index in [0.29, 0.717) is 11.1 Å². The predicted molar refractivity (Wildman–Crippen MR) is 146 cm³/mol. The molecule has 0 saturated carbocycles. The van der Waals surface area contributed by atoms with Crippen molar-refractivity contribution in [2.45, 2.75) is 0 Å². The molecule has 3 aromatic carbocycles. The number of hydrazone groups is 1. The van der Waals surface area contributed by atoms with Crippen molar-refractivity contribution in [2.75, 3.05) is 0 Å². The molecular weight excluding hydrogens is 520 g/mol. The molecule has 0 aliphatic heterocycles. The SMILES string of the molecule is O=C(N/N=C\c1ccccc1OC(=O)c1ccc([N+](=O)[O-])cc1)/C(=C\c1cccs1)NC(=O)c1ccccc1. The minimum Gasteiger partial charge on any atom is -0.422 e. The van der Waals surface area contributed by atoms with Gasteiger partial charge in [0.05, 0.1) is 16.7 Å². The molecule has 0 atom stereocenters. The Morgan fingerprint density at radius 3 is 2.28 bits per heavy atom. The number of nitrogens with one attached hydrogen (secondary N) is 2. The zero-order valence-corrected chi connectivity index (χ0v) is 21.0. The molecule has 0 aliphatic carbocycles. The number of nitro groups is 1. The first-order valence-corrected chi connectivity index (χ1v) is 12.3. The van der Waals surface area contributed by atoms with Crippen molar-refractivity contribution < 1.29 is 24.0 Å². The Labute approximate surface area is 226 Å². The monoisotopic (exact) mass is 540 g/mol. The Morgan fingerprint density at radius 1 is 0.872 bits per heavy atom. The third-order valence-electron chi connectivity index (χ3n) is 5.16. The Balaban J connectivity index is 1.46. The summed E-state index contributed by atoms with van der Waals surface area (Å²) in [5, 5.41) is 19.2. The fourth-order valence-corrected chi connectivity index (χ4v) is 3.89. The van der Waals surface area contributed by atoms with Gasteiger partial charge in [0.2, 0.25) is 0 Å². The number of thiophene rings is 1. The van der Waals surface area contributed by atoms with Crippen molar-refractivity contribution in [1.29, 1.82) is 0 Å². The number of nitrogens with zero attached hydrogens (tertiary/aromatic N) is 2. The van der Waals surface area contributed by atoms with Crippen LogP contribution in [-0.4, -0.2) is 28.9 Å². The summed E-state index contributed by atoms with van der Waals surface area (Å²) >= 11 is 1.39. The van der Waals surface area contributed by atoms with Gasteiger partial charge in [-0.2, -0.15) is 5.10 Å². The number of benzene rings is 3. The highest BCUT2D eigenvalue weighted by atomic mass is 32.1. The van der Waals surface area contributed by atoms with Crippen LogP contribution in [0.1, 0.15) is 31.2 Å². The lowest BCUT2D eigenvalue weighted by molar-refractivity contribution is -0.384. The van der Waals surface area contributed by atoms with Gasteiger partial charge in [0.15, 0.2) is 0 Å². The van der Waals surface area contributed by atoms with Gasteiger partial charge in [-0.05, 0) is 53.9 Å². The lowest BCUT2D eigenvalue weighted by Gasteiger charge is -2.09. The highest BCUT2D eigenvalue weighted by Crippen LogP contribution is 2.19. The topological polar surface area (TPSA) is 140 Å². The highest BCUT2D eigenvalue weighted by molar-refractivity contribution is 7.10. The number of non-ortho nitro benzene ring substituents is 1. The van der Waals surface area contributed by atoms with Crippen LogP contribution in [-0.2, 0) is 4.79 Å². The maximum atomic E-state index is 12.9. The van der Waals surface area contributed by atoms with Gasteiger partial charge in [-0.3, -0.25) is 19.7 Å². The lowest BCUT2D eigenvalue weighted by atomic mass is 10.2. The molecule has 2 amide bonds. The van der Waals surface area contributed by atoms with Crippen molar-refractivity contribution >= 4 is 47.1 Å². The molecule has 39 heavy (non-hydrogen) atoms. The maximum Gasteiger partial charge on any atom is 0.343 e. The first-order valence-electron chi connectivity index (χ1n) is 11.4. The molecule has 1 heterocycles. The summed E-state index contributed by atoms with van der Waals surface area (Å²) in [6.45, 7) is 0. The van der Waals surface area contributed by atoms with Crippen LogP contribution in [0.25, 0.3) is 6.08 Å². The number of carbonyl (C=O) groups is 3. The number of ether oxygens (including phenoxy) is 1. The van der Waals surface area contributed by atoms with Gasteiger partial charge in [-0.25, -0.2) is 10.2 Å². The average Bonchev–Trinajstić information content (AvgIpc) is 3.47. The second-order valence-electron chi connectivity index (χ2n) is 7.82. The zero-order valence-electron chi connectivity index (χ0n) is 20.1. The Bertz CT molecular complexity index is 1550. The molecule has 0 radical (unpaired) electrons. The standard InChI is InChI=1S/C28H20N4O6S/c33-26(19-7-2-1-3-8-19)30-24(17-23-10-6-16-39-23)27(34)31-29-18-21-9-4-5-11-25(21)38-28(35)20-12-14-22(15-13-20)32(36)37/h1-18H,(H,30,33)(H,31,34)/b24-17+,29-18-. The quantitative estimate of drug-likeness (QED) is 0.0781. The molecule has 1 aromatic heterocycles. The van der Waals surface area contributed by atoms with Crippen LogP contribution < -0.4 is 15.5 Å². The van der Waals surface area contributed by atoms with Gasteiger partial charge in [0.1, 0.15) is 11.4 Å². The van der Waals surface area contributed by atoms with Crippen LogP contribution in [0.2, 0.25) is 0 Å². The van der Waals surface area contributed by atoms with Crippen molar-refractivity contribution in [2.24, 2.45) is 5.10 Å². The van der Waals surface area contributed by atoms with Gasteiger partial charge in [-0.1, -0.05) is 36.4 Å². The van der Waals surface area contributed by atoms with Crippen molar-refractivity contribution in [3.05, 3.63) is 134 Å². The number of carbonyl (C=O) groups excluding carboxylic acids is 3. The molecule has 10 nitrogen and oxygen atoms in total. The van der Waals surface area contributed by atoms with E-state index in [-0.39, 0.29) is 22.7 Å². The summed E-state index contributed by atoms with van der Waals surface area (Å²) in [5.41, 5.74) is 3.10. The summed E-state index contributed by atoms with van der Waals surface area (Å²) in [4.78, 5) is 49.1. The second-order valence-corrected chi connectivity index (χ2v) is 8.80. The van der Waals surface area contributed by atoms with Crippen molar-refractivity contribution in [1.82, 2.24) is 10.7 Å². The first-order chi connectivity index (χ1) is 18.9. The van der Waals surface area contributed by atoms with Crippen LogP contribution in [0.5, 0.6) is 5.75 Å². The number of amides is 2. The smallest absolute Gasteiger partial charge is 0.343 e. The summed E-state index contributed by atoms with van der Waals surface area (Å²) in [7, 11) is 0. The molecule has 194 valence electrons. The summed E-state index contributed by atoms with van der Waals surface area (Å²) in [6.07, 6.45) is 2.83. The number of esters is 1. The fraction of sp³-hybridized carbons (Fsp3) is 0. The number of rotatable bonds is 9. The third kappa shape index (κ3) is 7.31. The van der Waals surface area contributed by atoms with Gasteiger partial charge in [0.25, 0.3) is 17.5 Å². The van der Waals surface area contributed by atoms with E-state index in [2.05, 4.69) is 15.8 Å². The van der Waals surface area contributed by atoms with Gasteiger partial charge < -0.3 is 10.1 Å². The Hall–Kier alpha value is -5.42. The lowest BCUT2D eigenvalue weighted by Crippen LogP contribution is -2.32. The minimum atomic E-state index is -0.723. The summed E-state index contributed by atoms with van der Waals surface area (Å²) < 4.78 is 5.43. The number of para-hydroxylation sites is 1. The van der Waals surface area contributed by atoms with Gasteiger partial charge in [0, 0.05) is 28.1 Å². The molecule has 0 unspecified atom stereocenters. The molecule has 0 aliphatic rings. The first kappa shape index (κ1) is 26.6. The van der Waals surface area contributed by atoms with E-state index in [1.165, 1.54) is 54.0 Å². The molecular formula is C28H20N4O6S. The zero-order chi connectivity index (χ0) is 27.6. The number of nitro benzene ring substituents is 1. The maximum absolute atomic E-state index is 12.9. The highest BCUT2D eigenvalue weighted by Gasteiger charge is 2.16. The fourth-order valence-electron chi connectivity index (χ4n) is 3.24. The van der Waals surface area contributed by atoms with Crippen molar-refractivity contribution in [3.63, 3.8) is 0 Å². The average molecular weight is 541 g/mol. The minimum absolute atomic E-state index is 0.0127. The third-order valence-corrected chi connectivity index (χ3v) is 5.98. The Kier molecular flexibility index (Phi) is 8.67. The summed E-state index contributed by atoms with van der Waals surface area (Å²) in [6, 6.07) is 23.6. The normalized spacial score (nSPS) is 11.1. The van der Waals surface area contributed by atoms with Crippen LogP contribution in [0.15, 0.2) is 107 Å². The largest absolute Gasteiger partial charge is 0.422 e. The van der Waals surface area contributed by atoms with Crippen LogP contribution in [0, 0.1) is 10.1 Å². The van der Waals surface area contributed by atoms with E-state index in [1.807, 2.05) is 11.4 Å². The molecule has 0 saturated heterocycles. The molecule has 4 rings (SSSR count). The number of hydrogen-bond acceptors (Lipinski definition) is 8. The van der Waals surface area contributed by atoms with Crippen LogP contribution in [0.4, 0.5) is 5.69 Å². The Morgan fingerprint density at radius 2 is 1.59 bits per heavy atom. The number of hydrogen-bond donors (Lipinski definition) is 2. The van der Waals surface area contributed by atoms with Crippen LogP contribution in [0.3, 0.4) is 0 Å². The molecule has 2 N–H and O–H groups in total. The van der Waals surface area contributed by atoms with Gasteiger partial charge >= 0.3 is 5.97 Å². The van der Waals surface area contributed by atoms with E-state index >= 15 is 0 Å². The molecule has 11 heteroatoms. The molecule has 0 bridgehead atoms. The predicted octanol–water partition coefficient (Wildman–Crippen LogP) is 4.80. The van der Waals surface area contributed by atoms with E-state index in [0.717, 1.165) is 4.88 Å². The van der Waals surface area contributed by atoms with Crippen molar-refractivity contribution in [3.8, 4) is 5.75 Å². The van der Waals surface area contributed by atoms with E-state index in [4.69, 9.17) is 4.74 Å². The summed E-state index contributed by atoms with van der Waals surface area (Å²) in [5.74, 6) is -1.68. The molecule has 4 aromatic rings.